The zero-order valence-electron chi connectivity index (χ0n) is 20.6. The first-order valence-electron chi connectivity index (χ1n) is 13.0. The van der Waals surface area contributed by atoms with Crippen molar-refractivity contribution in [2.24, 2.45) is 5.92 Å². The van der Waals surface area contributed by atoms with E-state index in [-0.39, 0.29) is 5.91 Å². The van der Waals surface area contributed by atoms with E-state index >= 15 is 0 Å². The third-order valence-electron chi connectivity index (χ3n) is 7.01. The van der Waals surface area contributed by atoms with Crippen molar-refractivity contribution in [1.29, 1.82) is 0 Å². The first kappa shape index (κ1) is 26.1. The highest BCUT2D eigenvalue weighted by Crippen LogP contribution is 2.19. The molecule has 2 saturated heterocycles. The average Bonchev–Trinajstić information content (AvgIpc) is 2.78. The van der Waals surface area contributed by atoms with Crippen LogP contribution in [0.15, 0.2) is 0 Å². The molecule has 0 aromatic heterocycles. The summed E-state index contributed by atoms with van der Waals surface area (Å²) < 4.78 is 0. The molecule has 31 heavy (non-hydrogen) atoms. The molecule has 0 aromatic rings. The lowest BCUT2D eigenvalue weighted by atomic mass is 9.96. The Labute approximate surface area is 191 Å². The predicted octanol–water partition coefficient (Wildman–Crippen LogP) is 3.46. The predicted molar refractivity (Wildman–Crippen MR) is 128 cm³/mol. The largest absolute Gasteiger partial charge is 0.346 e. The van der Waals surface area contributed by atoms with Gasteiger partial charge >= 0.3 is 0 Å². The molecule has 6 heteroatoms. The van der Waals surface area contributed by atoms with E-state index in [9.17, 15) is 9.59 Å². The van der Waals surface area contributed by atoms with Gasteiger partial charge in [0, 0.05) is 59.2 Å². The number of carbonyl (C=O) groups excluding carboxylic acids is 2. The molecule has 0 aromatic carbocycles. The number of hydrogen-bond donors (Lipinski definition) is 0. The van der Waals surface area contributed by atoms with Gasteiger partial charge in [-0.05, 0) is 64.1 Å². The highest BCUT2D eigenvalue weighted by atomic mass is 16.2. The first-order chi connectivity index (χ1) is 15.0. The van der Waals surface area contributed by atoms with Gasteiger partial charge in [0.1, 0.15) is 0 Å². The van der Waals surface area contributed by atoms with E-state index in [4.69, 9.17) is 0 Å². The van der Waals surface area contributed by atoms with E-state index in [2.05, 4.69) is 21.6 Å². The molecule has 0 N–H and O–H groups in total. The number of likely N-dealkylation sites (tertiary alicyclic amines) is 1. The maximum Gasteiger partial charge on any atom is 0.222 e. The molecular weight excluding hydrogens is 388 g/mol. The van der Waals surface area contributed by atoms with Crippen molar-refractivity contribution in [2.45, 2.75) is 78.1 Å². The van der Waals surface area contributed by atoms with Crippen LogP contribution < -0.4 is 0 Å². The van der Waals surface area contributed by atoms with Crippen LogP contribution in [-0.4, -0.2) is 97.4 Å². The number of nitrogens with zero attached hydrogens (tertiary/aromatic N) is 4. The zero-order chi connectivity index (χ0) is 22.5. The third-order valence-corrected chi connectivity index (χ3v) is 7.01. The topological polar surface area (TPSA) is 47.1 Å². The smallest absolute Gasteiger partial charge is 0.222 e. The Hall–Kier alpha value is -1.14. The van der Waals surface area contributed by atoms with Crippen LogP contribution >= 0.6 is 0 Å². The van der Waals surface area contributed by atoms with Gasteiger partial charge in [0.05, 0.1) is 0 Å². The molecule has 0 radical (unpaired) electrons. The fourth-order valence-corrected chi connectivity index (χ4v) is 4.92. The second-order valence-corrected chi connectivity index (χ2v) is 9.70. The minimum absolute atomic E-state index is 0.249. The molecule has 0 bridgehead atoms. The van der Waals surface area contributed by atoms with E-state index in [1.807, 2.05) is 18.9 Å². The summed E-state index contributed by atoms with van der Waals surface area (Å²) in [6, 6.07) is 0. The lowest BCUT2D eigenvalue weighted by Crippen LogP contribution is -2.50. The second-order valence-electron chi connectivity index (χ2n) is 9.70. The van der Waals surface area contributed by atoms with Gasteiger partial charge in [0.15, 0.2) is 0 Å². The SMILES string of the molecule is CCCC(=O)N(C)CCCCCCC(=O)N1CCN(CC2CCN(CCC)CC2)CC1. The molecule has 0 spiro atoms. The van der Waals surface area contributed by atoms with Gasteiger partial charge in [-0.1, -0.05) is 26.7 Å². The van der Waals surface area contributed by atoms with E-state index in [1.54, 1.807) is 0 Å². The summed E-state index contributed by atoms with van der Waals surface area (Å²) >= 11 is 0. The quantitative estimate of drug-likeness (QED) is 0.415. The minimum Gasteiger partial charge on any atom is -0.346 e. The maximum atomic E-state index is 12.5. The van der Waals surface area contributed by atoms with Crippen LogP contribution in [0.4, 0.5) is 0 Å². The number of carbonyl (C=O) groups is 2. The van der Waals surface area contributed by atoms with Crippen LogP contribution in [0.5, 0.6) is 0 Å². The molecule has 2 heterocycles. The Kier molecular flexibility index (Phi) is 12.5. The Morgan fingerprint density at radius 1 is 0.806 bits per heavy atom. The van der Waals surface area contributed by atoms with Crippen LogP contribution in [0.1, 0.15) is 78.1 Å². The van der Waals surface area contributed by atoms with E-state index < -0.39 is 0 Å². The fourth-order valence-electron chi connectivity index (χ4n) is 4.92. The Bertz CT molecular complexity index is 512. The number of amides is 2. The Morgan fingerprint density at radius 3 is 2.13 bits per heavy atom. The average molecular weight is 437 g/mol. The van der Waals surface area contributed by atoms with Crippen molar-refractivity contribution in [3.63, 3.8) is 0 Å². The molecule has 2 rings (SSSR count). The van der Waals surface area contributed by atoms with Gasteiger partial charge in [-0.25, -0.2) is 0 Å². The van der Waals surface area contributed by atoms with E-state index in [1.165, 1.54) is 45.4 Å². The van der Waals surface area contributed by atoms with E-state index in [0.29, 0.717) is 18.7 Å². The number of unbranched alkanes of at least 4 members (excludes halogenated alkanes) is 3. The van der Waals surface area contributed by atoms with Crippen LogP contribution in [0.2, 0.25) is 0 Å². The monoisotopic (exact) mass is 436 g/mol. The number of piperidine rings is 1. The molecule has 2 aliphatic rings. The molecule has 180 valence electrons. The van der Waals surface area contributed by atoms with Crippen molar-refractivity contribution in [3.05, 3.63) is 0 Å². The highest BCUT2D eigenvalue weighted by molar-refractivity contribution is 5.76. The minimum atomic E-state index is 0.249. The number of rotatable bonds is 13. The molecular formula is C25H48N4O2. The summed E-state index contributed by atoms with van der Waals surface area (Å²) in [4.78, 5) is 33.4. The lowest BCUT2D eigenvalue weighted by molar-refractivity contribution is -0.133. The van der Waals surface area contributed by atoms with Crippen molar-refractivity contribution < 1.29 is 9.59 Å². The molecule has 0 aliphatic carbocycles. The van der Waals surface area contributed by atoms with Crippen molar-refractivity contribution in [1.82, 2.24) is 19.6 Å². The summed E-state index contributed by atoms with van der Waals surface area (Å²) in [7, 11) is 1.90. The van der Waals surface area contributed by atoms with Crippen molar-refractivity contribution >= 4 is 11.8 Å². The number of piperazine rings is 1. The van der Waals surface area contributed by atoms with Crippen LogP contribution in [0, 0.1) is 5.92 Å². The molecule has 2 aliphatic heterocycles. The van der Waals surface area contributed by atoms with Gasteiger partial charge < -0.3 is 14.7 Å². The number of hydrogen-bond acceptors (Lipinski definition) is 4. The summed E-state index contributed by atoms with van der Waals surface area (Å²) in [5, 5.41) is 0. The third kappa shape index (κ3) is 9.90. The van der Waals surface area contributed by atoms with Crippen LogP contribution in [0.25, 0.3) is 0 Å². The molecule has 6 nitrogen and oxygen atoms in total. The fraction of sp³-hybridized carbons (Fsp3) is 0.920. The summed E-state index contributed by atoms with van der Waals surface area (Å²) in [5.74, 6) is 1.42. The summed E-state index contributed by atoms with van der Waals surface area (Å²) in [5.41, 5.74) is 0. The van der Waals surface area contributed by atoms with Crippen molar-refractivity contribution in [3.8, 4) is 0 Å². The molecule has 0 unspecified atom stereocenters. The molecule has 0 atom stereocenters. The van der Waals surface area contributed by atoms with Gasteiger partial charge in [0.25, 0.3) is 0 Å². The molecule has 0 saturated carbocycles. The van der Waals surface area contributed by atoms with Crippen LogP contribution in [-0.2, 0) is 9.59 Å². The van der Waals surface area contributed by atoms with Gasteiger partial charge in [-0.3, -0.25) is 14.5 Å². The Morgan fingerprint density at radius 2 is 1.48 bits per heavy atom. The van der Waals surface area contributed by atoms with Gasteiger partial charge in [-0.2, -0.15) is 0 Å². The van der Waals surface area contributed by atoms with Crippen molar-refractivity contribution in [2.75, 3.05) is 66.0 Å². The highest BCUT2D eigenvalue weighted by Gasteiger charge is 2.25. The lowest BCUT2D eigenvalue weighted by Gasteiger charge is -2.39. The molecule has 2 fully saturated rings. The Balaban J connectivity index is 1.50. The van der Waals surface area contributed by atoms with E-state index in [0.717, 1.165) is 70.7 Å². The summed E-state index contributed by atoms with van der Waals surface area (Å²) in [6.07, 6.45) is 10.4. The zero-order valence-corrected chi connectivity index (χ0v) is 20.6. The first-order valence-corrected chi connectivity index (χ1v) is 13.0. The summed E-state index contributed by atoms with van der Waals surface area (Å²) in [6.45, 7) is 14.0. The van der Waals surface area contributed by atoms with Gasteiger partial charge in [-0.15, -0.1) is 0 Å². The maximum absolute atomic E-state index is 12.5. The standard InChI is InChI=1S/C25H48N4O2/c1-4-10-24(30)26(3)15-9-7-6-8-11-25(31)29-20-18-28(19-21-29)22-23-12-16-27(14-5-2)17-13-23/h23H,4-22H2,1-3H3. The van der Waals surface area contributed by atoms with Crippen LogP contribution in [0.3, 0.4) is 0 Å². The normalized spacial score (nSPS) is 19.0. The second kappa shape index (κ2) is 14.8. The molecule has 2 amide bonds. The van der Waals surface area contributed by atoms with Gasteiger partial charge in [0.2, 0.25) is 11.8 Å².